The van der Waals surface area contributed by atoms with E-state index in [2.05, 4.69) is 10.2 Å². The van der Waals surface area contributed by atoms with Crippen LogP contribution >= 0.6 is 10.7 Å². The minimum atomic E-state index is -3.93. The highest BCUT2D eigenvalue weighted by Crippen LogP contribution is 2.28. The van der Waals surface area contributed by atoms with Crippen LogP contribution in [-0.4, -0.2) is 23.2 Å². The number of nitrogens with zero attached hydrogens (tertiary/aromatic N) is 3. The number of aryl methyl sites for hydroxylation is 2. The molecule has 5 nitrogen and oxygen atoms in total. The minimum absolute atomic E-state index is 0.121. The van der Waals surface area contributed by atoms with E-state index in [4.69, 9.17) is 10.7 Å². The monoisotopic (exact) mass is 313 g/mol. The van der Waals surface area contributed by atoms with Crippen LogP contribution in [0.2, 0.25) is 0 Å². The summed E-state index contributed by atoms with van der Waals surface area (Å²) in [7, 11) is 1.50. The molecule has 0 aliphatic heterocycles. The highest BCUT2D eigenvalue weighted by atomic mass is 35.7. The number of hydrogen-bond acceptors (Lipinski definition) is 4. The van der Waals surface area contributed by atoms with Gasteiger partial charge in [-0.25, -0.2) is 8.42 Å². The van der Waals surface area contributed by atoms with Gasteiger partial charge in [0.25, 0.3) is 14.2 Å². The van der Waals surface area contributed by atoms with Crippen LogP contribution in [0.1, 0.15) is 31.0 Å². The molecule has 20 heavy (non-hydrogen) atoms. The standard InChI is InChI=1S/C13H16ClN3O2S/c1-8(2)17-12(15-16-13(17)20(14,18)19)11-6-5-9(3)7-10(11)4/h5-8H,1-4H3. The Balaban J connectivity index is 2.73. The van der Waals surface area contributed by atoms with Crippen LogP contribution in [0, 0.1) is 13.8 Å². The van der Waals surface area contributed by atoms with Crippen LogP contribution in [0.5, 0.6) is 0 Å². The maximum absolute atomic E-state index is 11.6. The highest BCUT2D eigenvalue weighted by molar-refractivity contribution is 8.13. The van der Waals surface area contributed by atoms with Crippen molar-refractivity contribution in [1.82, 2.24) is 14.8 Å². The molecule has 0 amide bonds. The van der Waals surface area contributed by atoms with E-state index >= 15 is 0 Å². The van der Waals surface area contributed by atoms with E-state index < -0.39 is 9.05 Å². The first-order chi connectivity index (χ1) is 9.21. The van der Waals surface area contributed by atoms with E-state index in [1.807, 2.05) is 45.9 Å². The van der Waals surface area contributed by atoms with Gasteiger partial charge in [0.1, 0.15) is 0 Å². The largest absolute Gasteiger partial charge is 0.296 e. The Hall–Kier alpha value is -1.40. The molecule has 0 fully saturated rings. The summed E-state index contributed by atoms with van der Waals surface area (Å²) in [5, 5.41) is 7.54. The van der Waals surface area contributed by atoms with Gasteiger partial charge in [0.2, 0.25) is 0 Å². The number of hydrogen-bond donors (Lipinski definition) is 0. The van der Waals surface area contributed by atoms with Gasteiger partial charge in [-0.1, -0.05) is 23.8 Å². The lowest BCUT2D eigenvalue weighted by molar-refractivity contribution is 0.530. The lowest BCUT2D eigenvalue weighted by atomic mass is 10.1. The number of rotatable bonds is 3. The molecule has 2 aromatic rings. The first-order valence-electron chi connectivity index (χ1n) is 6.19. The lowest BCUT2D eigenvalue weighted by Gasteiger charge is -2.14. The fourth-order valence-electron chi connectivity index (χ4n) is 2.16. The Kier molecular flexibility index (Phi) is 3.88. The summed E-state index contributed by atoms with van der Waals surface area (Å²) in [6, 6.07) is 5.77. The van der Waals surface area contributed by atoms with Crippen molar-refractivity contribution in [3.63, 3.8) is 0 Å². The molecule has 7 heteroatoms. The quantitative estimate of drug-likeness (QED) is 0.817. The van der Waals surface area contributed by atoms with E-state index in [9.17, 15) is 8.42 Å². The summed E-state index contributed by atoms with van der Waals surface area (Å²) in [5.41, 5.74) is 2.99. The molecular formula is C13H16ClN3O2S. The van der Waals surface area contributed by atoms with Crippen LogP contribution in [0.15, 0.2) is 23.4 Å². The Labute approximate surface area is 123 Å². The Morgan fingerprint density at radius 3 is 2.35 bits per heavy atom. The molecule has 0 saturated carbocycles. The average Bonchev–Trinajstić information content (AvgIpc) is 2.72. The Morgan fingerprint density at radius 2 is 1.85 bits per heavy atom. The summed E-state index contributed by atoms with van der Waals surface area (Å²) in [4.78, 5) is 0. The summed E-state index contributed by atoms with van der Waals surface area (Å²) in [6.07, 6.45) is 0. The van der Waals surface area contributed by atoms with E-state index in [0.717, 1.165) is 16.7 Å². The summed E-state index contributed by atoms with van der Waals surface area (Å²) in [5.74, 6) is 0.511. The third-order valence-electron chi connectivity index (χ3n) is 3.02. The first kappa shape index (κ1) is 15.0. The zero-order valence-electron chi connectivity index (χ0n) is 11.8. The van der Waals surface area contributed by atoms with Gasteiger partial charge in [-0.15, -0.1) is 10.2 Å². The molecule has 0 saturated heterocycles. The molecule has 0 N–H and O–H groups in total. The summed E-state index contributed by atoms with van der Waals surface area (Å²) < 4.78 is 24.7. The van der Waals surface area contributed by atoms with Gasteiger partial charge in [0.15, 0.2) is 5.82 Å². The van der Waals surface area contributed by atoms with E-state index in [1.54, 1.807) is 4.57 Å². The molecule has 0 spiro atoms. The third kappa shape index (κ3) is 2.71. The van der Waals surface area contributed by atoms with E-state index in [1.165, 1.54) is 0 Å². The molecule has 2 rings (SSSR count). The van der Waals surface area contributed by atoms with Gasteiger partial charge in [-0.05, 0) is 33.3 Å². The first-order valence-corrected chi connectivity index (χ1v) is 8.50. The molecule has 1 heterocycles. The topological polar surface area (TPSA) is 64.8 Å². The van der Waals surface area contributed by atoms with Crippen LogP contribution in [0.25, 0.3) is 11.4 Å². The molecule has 0 aliphatic carbocycles. The van der Waals surface area contributed by atoms with Crippen molar-refractivity contribution in [2.75, 3.05) is 0 Å². The van der Waals surface area contributed by atoms with Gasteiger partial charge in [-0.2, -0.15) is 0 Å². The van der Waals surface area contributed by atoms with Gasteiger partial charge in [0, 0.05) is 22.3 Å². The van der Waals surface area contributed by atoms with Crippen LogP contribution in [-0.2, 0) is 9.05 Å². The maximum atomic E-state index is 11.6. The Morgan fingerprint density at radius 1 is 1.20 bits per heavy atom. The van der Waals surface area contributed by atoms with Gasteiger partial charge in [0.05, 0.1) is 0 Å². The maximum Gasteiger partial charge on any atom is 0.296 e. The molecule has 108 valence electrons. The second kappa shape index (κ2) is 5.18. The van der Waals surface area contributed by atoms with Crippen molar-refractivity contribution >= 4 is 19.7 Å². The fraction of sp³-hybridized carbons (Fsp3) is 0.385. The van der Waals surface area contributed by atoms with Crippen molar-refractivity contribution < 1.29 is 8.42 Å². The van der Waals surface area contributed by atoms with Crippen molar-refractivity contribution in [2.24, 2.45) is 0 Å². The average molecular weight is 314 g/mol. The lowest BCUT2D eigenvalue weighted by Crippen LogP contribution is -2.10. The van der Waals surface area contributed by atoms with Gasteiger partial charge < -0.3 is 0 Å². The van der Waals surface area contributed by atoms with Crippen molar-refractivity contribution in [1.29, 1.82) is 0 Å². The zero-order valence-corrected chi connectivity index (χ0v) is 13.3. The van der Waals surface area contributed by atoms with Crippen molar-refractivity contribution in [2.45, 2.75) is 38.9 Å². The number of aromatic nitrogens is 3. The van der Waals surface area contributed by atoms with Crippen LogP contribution < -0.4 is 0 Å². The molecule has 0 bridgehead atoms. The second-order valence-corrected chi connectivity index (χ2v) is 7.49. The minimum Gasteiger partial charge on any atom is -0.294 e. The highest BCUT2D eigenvalue weighted by Gasteiger charge is 2.25. The predicted octanol–water partition coefficient (Wildman–Crippen LogP) is 3.07. The molecular weight excluding hydrogens is 298 g/mol. The molecule has 0 unspecified atom stereocenters. The van der Waals surface area contributed by atoms with Crippen LogP contribution in [0.4, 0.5) is 0 Å². The number of benzene rings is 1. The van der Waals surface area contributed by atoms with Crippen molar-refractivity contribution in [3.05, 3.63) is 29.3 Å². The van der Waals surface area contributed by atoms with Gasteiger partial charge in [-0.3, -0.25) is 4.57 Å². The van der Waals surface area contributed by atoms with E-state index in [0.29, 0.717) is 5.82 Å². The third-order valence-corrected chi connectivity index (χ3v) is 4.15. The molecule has 0 atom stereocenters. The summed E-state index contributed by atoms with van der Waals surface area (Å²) >= 11 is 0. The molecule has 1 aromatic carbocycles. The molecule has 0 aliphatic rings. The molecule has 0 radical (unpaired) electrons. The Bertz CT molecular complexity index is 751. The summed E-state index contributed by atoms with van der Waals surface area (Å²) in [6.45, 7) is 7.68. The van der Waals surface area contributed by atoms with Crippen molar-refractivity contribution in [3.8, 4) is 11.4 Å². The molecule has 1 aromatic heterocycles. The smallest absolute Gasteiger partial charge is 0.294 e. The predicted molar refractivity (Wildman–Crippen MR) is 78.4 cm³/mol. The zero-order chi connectivity index (χ0) is 15.1. The van der Waals surface area contributed by atoms with Gasteiger partial charge >= 0.3 is 0 Å². The number of halogens is 1. The SMILES string of the molecule is Cc1ccc(-c2nnc(S(=O)(=O)Cl)n2C(C)C)c(C)c1. The normalized spacial score (nSPS) is 12.1. The van der Waals surface area contributed by atoms with Crippen LogP contribution in [0.3, 0.4) is 0 Å². The second-order valence-electron chi connectivity index (χ2n) is 5.03. The van der Waals surface area contributed by atoms with E-state index in [-0.39, 0.29) is 11.2 Å². The fourth-order valence-corrected chi connectivity index (χ4v) is 3.14.